The maximum Gasteiger partial charge on any atom is 0.365 e. The Hall–Kier alpha value is -2.17. The molecule has 1 aromatic carbocycles. The lowest BCUT2D eigenvalue weighted by Gasteiger charge is -2.19. The van der Waals surface area contributed by atoms with Crippen LogP contribution < -0.4 is 9.04 Å². The van der Waals surface area contributed by atoms with Gasteiger partial charge in [0.15, 0.2) is 5.69 Å². The first-order valence-electron chi connectivity index (χ1n) is 5.43. The lowest BCUT2D eigenvalue weighted by atomic mass is 10.3. The second-order valence-electron chi connectivity index (χ2n) is 3.75. The highest BCUT2D eigenvalue weighted by Crippen LogP contribution is 2.35. The van der Waals surface area contributed by atoms with Crippen molar-refractivity contribution >= 4 is 38.3 Å². The molecule has 0 radical (unpaired) electrons. The fourth-order valence-electron chi connectivity index (χ4n) is 1.62. The van der Waals surface area contributed by atoms with Crippen molar-refractivity contribution in [3.63, 3.8) is 0 Å². The molecule has 0 amide bonds. The highest BCUT2D eigenvalue weighted by molar-refractivity contribution is 7.87. The number of hydrogen-bond acceptors (Lipinski definition) is 6. The second-order valence-corrected chi connectivity index (χ2v) is 5.85. The molecular weight excluding hydrogens is 320 g/mol. The van der Waals surface area contributed by atoms with Crippen molar-refractivity contribution in [1.82, 2.24) is 4.98 Å². The van der Waals surface area contributed by atoms with Gasteiger partial charge in [-0.1, -0.05) is 6.07 Å². The highest BCUT2D eigenvalue weighted by Gasteiger charge is 2.29. The first kappa shape index (κ1) is 15.2. The van der Waals surface area contributed by atoms with Gasteiger partial charge in [0.1, 0.15) is 10.8 Å². The molecular formula is C11H10N2O6S2. The number of carboxylic acid groups (broad SMARTS) is 1. The molecule has 0 fully saturated rings. The molecule has 0 unspecified atom stereocenters. The molecule has 0 aliphatic carbocycles. The SMILES string of the molecule is COc1cccc(N(c2scnc2C(=O)O)S(=O)(=O)O)c1. The molecule has 10 heteroatoms. The standard InChI is InChI=1S/C11H10N2O6S2/c1-19-8-4-2-3-7(5-8)13(21(16,17)18)10-9(11(14)15)12-6-20-10/h2-6H,1H3,(H,14,15)(H,16,17,18). The van der Waals surface area contributed by atoms with E-state index in [4.69, 9.17) is 9.84 Å². The summed E-state index contributed by atoms with van der Waals surface area (Å²) in [4.78, 5) is 14.7. The molecule has 0 aliphatic rings. The summed E-state index contributed by atoms with van der Waals surface area (Å²) in [6, 6.07) is 5.82. The number of aromatic carboxylic acids is 1. The van der Waals surface area contributed by atoms with Crippen molar-refractivity contribution in [2.45, 2.75) is 0 Å². The van der Waals surface area contributed by atoms with E-state index in [2.05, 4.69) is 4.98 Å². The molecule has 0 saturated carbocycles. The first-order chi connectivity index (χ1) is 9.84. The van der Waals surface area contributed by atoms with Gasteiger partial charge in [0.05, 0.1) is 18.3 Å². The lowest BCUT2D eigenvalue weighted by molar-refractivity contribution is 0.0692. The zero-order chi connectivity index (χ0) is 15.6. The molecule has 112 valence electrons. The number of carboxylic acids is 1. The van der Waals surface area contributed by atoms with E-state index in [-0.39, 0.29) is 10.7 Å². The second kappa shape index (κ2) is 5.68. The Bertz CT molecular complexity index is 771. The van der Waals surface area contributed by atoms with Crippen molar-refractivity contribution in [2.75, 3.05) is 11.4 Å². The van der Waals surface area contributed by atoms with Crippen LogP contribution in [-0.4, -0.2) is 36.1 Å². The average molecular weight is 330 g/mol. The molecule has 21 heavy (non-hydrogen) atoms. The fraction of sp³-hybridized carbons (Fsp3) is 0.0909. The van der Waals surface area contributed by atoms with E-state index in [1.54, 1.807) is 6.07 Å². The number of ether oxygens (including phenoxy) is 1. The zero-order valence-electron chi connectivity index (χ0n) is 10.6. The van der Waals surface area contributed by atoms with E-state index in [0.717, 1.165) is 11.3 Å². The van der Waals surface area contributed by atoms with E-state index in [1.807, 2.05) is 0 Å². The van der Waals surface area contributed by atoms with Crippen LogP contribution in [0.4, 0.5) is 10.7 Å². The minimum absolute atomic E-state index is 0.0311. The van der Waals surface area contributed by atoms with E-state index < -0.39 is 22.0 Å². The van der Waals surface area contributed by atoms with Crippen LogP contribution >= 0.6 is 11.3 Å². The lowest BCUT2D eigenvalue weighted by Crippen LogP contribution is -2.26. The van der Waals surface area contributed by atoms with Crippen molar-refractivity contribution in [2.24, 2.45) is 0 Å². The number of nitrogens with zero attached hydrogens (tertiary/aromatic N) is 2. The van der Waals surface area contributed by atoms with Gasteiger partial charge in [0.2, 0.25) is 0 Å². The number of hydrogen-bond donors (Lipinski definition) is 2. The predicted molar refractivity (Wildman–Crippen MR) is 75.8 cm³/mol. The Balaban J connectivity index is 2.64. The molecule has 0 bridgehead atoms. The van der Waals surface area contributed by atoms with Crippen LogP contribution in [0.15, 0.2) is 29.8 Å². The van der Waals surface area contributed by atoms with E-state index in [1.165, 1.54) is 30.8 Å². The van der Waals surface area contributed by atoms with Gasteiger partial charge >= 0.3 is 16.3 Å². The Kier molecular flexibility index (Phi) is 4.11. The van der Waals surface area contributed by atoms with E-state index in [9.17, 15) is 17.8 Å². The highest BCUT2D eigenvalue weighted by atomic mass is 32.2. The van der Waals surface area contributed by atoms with E-state index >= 15 is 0 Å². The average Bonchev–Trinajstić information content (AvgIpc) is 2.86. The van der Waals surface area contributed by atoms with Crippen LogP contribution in [0.1, 0.15) is 10.5 Å². The van der Waals surface area contributed by atoms with Gasteiger partial charge in [-0.2, -0.15) is 8.42 Å². The Labute approximate surface area is 124 Å². The smallest absolute Gasteiger partial charge is 0.365 e. The summed E-state index contributed by atoms with van der Waals surface area (Å²) in [5, 5.41) is 8.81. The summed E-state index contributed by atoms with van der Waals surface area (Å²) in [6.45, 7) is 0. The monoisotopic (exact) mass is 330 g/mol. The van der Waals surface area contributed by atoms with Gasteiger partial charge < -0.3 is 9.84 Å². The van der Waals surface area contributed by atoms with E-state index in [0.29, 0.717) is 10.1 Å². The largest absolute Gasteiger partial charge is 0.497 e. The third kappa shape index (κ3) is 3.12. The predicted octanol–water partition coefficient (Wildman–Crippen LogP) is 1.79. The number of methoxy groups -OCH3 is 1. The molecule has 2 aromatic rings. The van der Waals surface area contributed by atoms with Gasteiger partial charge in [-0.05, 0) is 12.1 Å². The summed E-state index contributed by atoms with van der Waals surface area (Å²) in [7, 11) is -3.34. The van der Waals surface area contributed by atoms with Crippen LogP contribution in [-0.2, 0) is 10.3 Å². The third-order valence-corrected chi connectivity index (χ3v) is 4.23. The molecule has 2 N–H and O–H groups in total. The quantitative estimate of drug-likeness (QED) is 0.802. The summed E-state index contributed by atoms with van der Waals surface area (Å²) < 4.78 is 38.2. The topological polar surface area (TPSA) is 117 Å². The first-order valence-corrected chi connectivity index (χ1v) is 7.71. The number of benzene rings is 1. The Morgan fingerprint density at radius 1 is 1.43 bits per heavy atom. The van der Waals surface area contributed by atoms with Crippen LogP contribution in [0, 0.1) is 0 Å². The minimum atomic E-state index is -4.74. The summed E-state index contributed by atoms with van der Waals surface area (Å²) in [5.41, 5.74) is 0.737. The van der Waals surface area contributed by atoms with Crippen molar-refractivity contribution in [3.05, 3.63) is 35.5 Å². The third-order valence-electron chi connectivity index (χ3n) is 2.45. The number of aromatic nitrogens is 1. The maximum absolute atomic E-state index is 11.6. The van der Waals surface area contributed by atoms with Gasteiger partial charge in [-0.15, -0.1) is 11.3 Å². The van der Waals surface area contributed by atoms with Crippen LogP contribution in [0.5, 0.6) is 5.75 Å². The van der Waals surface area contributed by atoms with Crippen molar-refractivity contribution < 1.29 is 27.6 Å². The van der Waals surface area contributed by atoms with Crippen molar-refractivity contribution in [3.8, 4) is 5.75 Å². The Morgan fingerprint density at radius 3 is 2.71 bits per heavy atom. The summed E-state index contributed by atoms with van der Waals surface area (Å²) >= 11 is 0.775. The molecule has 1 heterocycles. The van der Waals surface area contributed by atoms with Crippen molar-refractivity contribution in [1.29, 1.82) is 0 Å². The molecule has 0 spiro atoms. The zero-order valence-corrected chi connectivity index (χ0v) is 12.3. The van der Waals surface area contributed by atoms with Gasteiger partial charge in [-0.3, -0.25) is 4.55 Å². The maximum atomic E-state index is 11.6. The molecule has 0 atom stereocenters. The summed E-state index contributed by atoms with van der Waals surface area (Å²) in [6.07, 6.45) is 0. The van der Waals surface area contributed by atoms with Gasteiger partial charge in [0.25, 0.3) is 0 Å². The summed E-state index contributed by atoms with van der Waals surface area (Å²) in [5.74, 6) is -1.05. The molecule has 0 saturated heterocycles. The number of anilines is 2. The van der Waals surface area contributed by atoms with Gasteiger partial charge in [-0.25, -0.2) is 14.1 Å². The molecule has 0 aliphatic heterocycles. The number of thiazole rings is 1. The van der Waals surface area contributed by atoms with Gasteiger partial charge in [0, 0.05) is 6.07 Å². The normalized spacial score (nSPS) is 11.1. The minimum Gasteiger partial charge on any atom is -0.497 e. The molecule has 8 nitrogen and oxygen atoms in total. The Morgan fingerprint density at radius 2 is 2.14 bits per heavy atom. The number of rotatable bonds is 5. The fourth-order valence-corrected chi connectivity index (χ4v) is 3.42. The van der Waals surface area contributed by atoms with Crippen LogP contribution in [0.3, 0.4) is 0 Å². The molecule has 1 aromatic heterocycles. The van der Waals surface area contributed by atoms with Crippen LogP contribution in [0.25, 0.3) is 0 Å². The van der Waals surface area contributed by atoms with Crippen LogP contribution in [0.2, 0.25) is 0 Å². The molecule has 2 rings (SSSR count). The number of carbonyl (C=O) groups is 1.